The predicted octanol–water partition coefficient (Wildman–Crippen LogP) is 1.52. The minimum Gasteiger partial charge on any atom is -0.378 e. The van der Waals surface area contributed by atoms with Crippen LogP contribution >= 0.6 is 11.3 Å². The van der Waals surface area contributed by atoms with Crippen molar-refractivity contribution in [3.63, 3.8) is 0 Å². The Morgan fingerprint density at radius 3 is 2.65 bits per heavy atom. The maximum atomic E-state index is 12.4. The monoisotopic (exact) mass is 319 g/mol. The second-order valence-corrected chi connectivity index (χ2v) is 8.54. The van der Waals surface area contributed by atoms with E-state index in [0.29, 0.717) is 18.7 Å². The molecule has 1 heterocycles. The van der Waals surface area contributed by atoms with Crippen molar-refractivity contribution in [1.29, 1.82) is 0 Å². The molecule has 0 saturated heterocycles. The zero-order valence-corrected chi connectivity index (χ0v) is 13.8. The standard InChI is InChI=1S/C12H21N3O3S2/c1-5-18-9-6-8(12(9,3)4)15-20(16,17)10-7(2)14-11(13)19-10/h8-9,15H,5-6H2,1-4H3,(H2,13,14). The molecule has 114 valence electrons. The third kappa shape index (κ3) is 2.69. The number of anilines is 1. The summed E-state index contributed by atoms with van der Waals surface area (Å²) in [5.74, 6) is 0. The number of thiazole rings is 1. The van der Waals surface area contributed by atoms with Gasteiger partial charge in [0.15, 0.2) is 9.34 Å². The Morgan fingerprint density at radius 2 is 2.20 bits per heavy atom. The normalized spacial score (nSPS) is 25.4. The van der Waals surface area contributed by atoms with Crippen molar-refractivity contribution in [3.8, 4) is 0 Å². The molecule has 1 saturated carbocycles. The van der Waals surface area contributed by atoms with Crippen molar-refractivity contribution in [1.82, 2.24) is 9.71 Å². The molecule has 0 bridgehead atoms. The van der Waals surface area contributed by atoms with E-state index in [1.165, 1.54) is 0 Å². The summed E-state index contributed by atoms with van der Waals surface area (Å²) < 4.78 is 33.3. The Hall–Kier alpha value is -0.700. The zero-order chi connectivity index (χ0) is 15.1. The second-order valence-electron chi connectivity index (χ2n) is 5.60. The molecular formula is C12H21N3O3S2. The van der Waals surface area contributed by atoms with E-state index < -0.39 is 10.0 Å². The first-order valence-electron chi connectivity index (χ1n) is 6.55. The summed E-state index contributed by atoms with van der Waals surface area (Å²) in [5, 5.41) is 0.267. The van der Waals surface area contributed by atoms with Gasteiger partial charge in [-0.05, 0) is 20.3 Å². The van der Waals surface area contributed by atoms with Crippen LogP contribution in [0.15, 0.2) is 4.21 Å². The lowest BCUT2D eigenvalue weighted by Crippen LogP contribution is -2.61. The first kappa shape index (κ1) is 15.7. The molecular weight excluding hydrogens is 298 g/mol. The van der Waals surface area contributed by atoms with Crippen LogP contribution in [0.2, 0.25) is 0 Å². The van der Waals surface area contributed by atoms with E-state index in [2.05, 4.69) is 9.71 Å². The zero-order valence-electron chi connectivity index (χ0n) is 12.1. The maximum Gasteiger partial charge on any atom is 0.252 e. The fourth-order valence-corrected chi connectivity index (χ4v) is 5.18. The van der Waals surface area contributed by atoms with E-state index in [0.717, 1.165) is 11.3 Å². The van der Waals surface area contributed by atoms with E-state index in [9.17, 15) is 8.42 Å². The van der Waals surface area contributed by atoms with Crippen molar-refractivity contribution >= 4 is 26.5 Å². The molecule has 0 spiro atoms. The van der Waals surface area contributed by atoms with Gasteiger partial charge in [-0.2, -0.15) is 0 Å². The summed E-state index contributed by atoms with van der Waals surface area (Å²) in [5.41, 5.74) is 5.79. The molecule has 1 fully saturated rings. The Bertz CT molecular complexity index is 595. The topological polar surface area (TPSA) is 94.3 Å². The lowest BCUT2D eigenvalue weighted by Gasteiger charge is -2.51. The number of aromatic nitrogens is 1. The molecule has 1 aliphatic carbocycles. The molecule has 6 nitrogen and oxygen atoms in total. The molecule has 0 radical (unpaired) electrons. The minimum absolute atomic E-state index is 0.0906. The SMILES string of the molecule is CCOC1CC(NS(=O)(=O)c2sc(N)nc2C)C1(C)C. The highest BCUT2D eigenvalue weighted by Gasteiger charge is 2.50. The van der Waals surface area contributed by atoms with Crippen molar-refractivity contribution in [2.75, 3.05) is 12.3 Å². The summed E-state index contributed by atoms with van der Waals surface area (Å²) in [7, 11) is -3.57. The lowest BCUT2D eigenvalue weighted by atomic mass is 9.65. The number of nitrogen functional groups attached to an aromatic ring is 1. The van der Waals surface area contributed by atoms with E-state index in [1.807, 2.05) is 20.8 Å². The van der Waals surface area contributed by atoms with Gasteiger partial charge in [-0.3, -0.25) is 0 Å². The fourth-order valence-electron chi connectivity index (χ4n) is 2.46. The molecule has 1 aromatic rings. The van der Waals surface area contributed by atoms with Crippen LogP contribution in [0.4, 0.5) is 5.13 Å². The molecule has 2 unspecified atom stereocenters. The first-order valence-corrected chi connectivity index (χ1v) is 8.85. The maximum absolute atomic E-state index is 12.4. The highest BCUT2D eigenvalue weighted by atomic mass is 32.2. The van der Waals surface area contributed by atoms with Crippen LogP contribution in [0.3, 0.4) is 0 Å². The Kier molecular flexibility index (Phi) is 4.12. The molecule has 0 amide bonds. The Morgan fingerprint density at radius 1 is 1.55 bits per heavy atom. The fraction of sp³-hybridized carbons (Fsp3) is 0.750. The number of aryl methyl sites for hydroxylation is 1. The van der Waals surface area contributed by atoms with Gasteiger partial charge in [0.1, 0.15) is 0 Å². The Labute approximate surface area is 123 Å². The number of hydrogen-bond donors (Lipinski definition) is 2. The third-order valence-corrected chi connectivity index (χ3v) is 6.93. The van der Waals surface area contributed by atoms with Crippen molar-refractivity contribution in [2.24, 2.45) is 5.41 Å². The number of hydrogen-bond acceptors (Lipinski definition) is 6. The first-order chi connectivity index (χ1) is 9.18. The molecule has 2 atom stereocenters. The van der Waals surface area contributed by atoms with Gasteiger partial charge in [0.2, 0.25) is 0 Å². The van der Waals surface area contributed by atoms with Gasteiger partial charge in [-0.15, -0.1) is 0 Å². The quantitative estimate of drug-likeness (QED) is 0.858. The number of nitrogens with one attached hydrogen (secondary N) is 1. The number of nitrogens with zero attached hydrogens (tertiary/aromatic N) is 1. The smallest absolute Gasteiger partial charge is 0.252 e. The van der Waals surface area contributed by atoms with Gasteiger partial charge in [0.25, 0.3) is 10.0 Å². The summed E-state index contributed by atoms with van der Waals surface area (Å²) in [6.07, 6.45) is 0.778. The van der Waals surface area contributed by atoms with Crippen LogP contribution in [0.5, 0.6) is 0 Å². The van der Waals surface area contributed by atoms with E-state index in [-0.39, 0.29) is 26.9 Å². The molecule has 2 rings (SSSR count). The van der Waals surface area contributed by atoms with Crippen LogP contribution in [-0.4, -0.2) is 32.2 Å². The Balaban J connectivity index is 2.13. The average molecular weight is 319 g/mol. The van der Waals surface area contributed by atoms with Crippen molar-refractivity contribution < 1.29 is 13.2 Å². The van der Waals surface area contributed by atoms with Crippen molar-refractivity contribution in [2.45, 2.75) is 50.5 Å². The predicted molar refractivity (Wildman–Crippen MR) is 79.2 cm³/mol. The third-order valence-electron chi connectivity index (χ3n) is 3.86. The largest absolute Gasteiger partial charge is 0.378 e. The van der Waals surface area contributed by atoms with Crippen molar-refractivity contribution in [3.05, 3.63) is 5.69 Å². The van der Waals surface area contributed by atoms with Gasteiger partial charge in [-0.25, -0.2) is 18.1 Å². The van der Waals surface area contributed by atoms with Gasteiger partial charge in [0, 0.05) is 18.1 Å². The number of ether oxygens (including phenoxy) is 1. The lowest BCUT2D eigenvalue weighted by molar-refractivity contribution is -0.108. The van der Waals surface area contributed by atoms with Crippen LogP contribution in [-0.2, 0) is 14.8 Å². The summed E-state index contributed by atoms with van der Waals surface area (Å²) in [6.45, 7) is 8.25. The summed E-state index contributed by atoms with van der Waals surface area (Å²) in [4.78, 5) is 3.96. The molecule has 1 aliphatic rings. The second kappa shape index (κ2) is 5.25. The van der Waals surface area contributed by atoms with Gasteiger partial charge >= 0.3 is 0 Å². The van der Waals surface area contributed by atoms with Crippen LogP contribution in [0.1, 0.15) is 32.9 Å². The van der Waals surface area contributed by atoms with Crippen LogP contribution in [0.25, 0.3) is 0 Å². The molecule has 8 heteroatoms. The average Bonchev–Trinajstić information content (AvgIpc) is 2.68. The highest BCUT2D eigenvalue weighted by molar-refractivity contribution is 7.91. The molecule has 0 aliphatic heterocycles. The molecule has 3 N–H and O–H groups in total. The van der Waals surface area contributed by atoms with Crippen LogP contribution in [0, 0.1) is 12.3 Å². The number of sulfonamides is 1. The minimum atomic E-state index is -3.57. The highest BCUT2D eigenvalue weighted by Crippen LogP contribution is 2.43. The van der Waals surface area contributed by atoms with Crippen LogP contribution < -0.4 is 10.5 Å². The van der Waals surface area contributed by atoms with Gasteiger partial charge < -0.3 is 10.5 Å². The van der Waals surface area contributed by atoms with E-state index in [1.54, 1.807) is 6.92 Å². The number of rotatable bonds is 5. The van der Waals surface area contributed by atoms with Gasteiger partial charge in [-0.1, -0.05) is 25.2 Å². The molecule has 0 aromatic carbocycles. The van der Waals surface area contributed by atoms with E-state index in [4.69, 9.17) is 10.5 Å². The summed E-state index contributed by atoms with van der Waals surface area (Å²) >= 11 is 0.994. The molecule has 20 heavy (non-hydrogen) atoms. The molecule has 1 aromatic heterocycles. The van der Waals surface area contributed by atoms with E-state index >= 15 is 0 Å². The van der Waals surface area contributed by atoms with Gasteiger partial charge in [0.05, 0.1) is 11.8 Å². The number of nitrogens with two attached hydrogens (primary N) is 1. The summed E-state index contributed by atoms with van der Waals surface area (Å²) in [6, 6.07) is -0.133.